The minimum absolute atomic E-state index is 0.00956. The van der Waals surface area contributed by atoms with Crippen molar-refractivity contribution in [3.8, 4) is 0 Å². The molecule has 0 amide bonds. The van der Waals surface area contributed by atoms with Gasteiger partial charge in [0.25, 0.3) is 15.7 Å². The van der Waals surface area contributed by atoms with Crippen LogP contribution in [0.5, 0.6) is 0 Å². The van der Waals surface area contributed by atoms with E-state index in [1.54, 1.807) is 24.3 Å². The van der Waals surface area contributed by atoms with Crippen molar-refractivity contribution in [3.63, 3.8) is 0 Å². The molecule has 7 nitrogen and oxygen atoms in total. The molecule has 0 unspecified atom stereocenters. The van der Waals surface area contributed by atoms with Gasteiger partial charge in [0.2, 0.25) is 0 Å². The lowest BCUT2D eigenvalue weighted by atomic mass is 10.1. The molecule has 3 aromatic rings. The number of rotatable bonds is 1. The molecule has 8 heteroatoms. The molecule has 1 heterocycles. The summed E-state index contributed by atoms with van der Waals surface area (Å²) in [5.41, 5.74) is -1.77. The van der Waals surface area contributed by atoms with Gasteiger partial charge >= 0.3 is 5.69 Å². The molecule has 20 heavy (non-hydrogen) atoms. The number of hydrogen-bond acceptors (Lipinski definition) is 4. The van der Waals surface area contributed by atoms with E-state index < -0.39 is 26.3 Å². The maximum atomic E-state index is 11.9. The zero-order chi connectivity index (χ0) is 14.5. The standard InChI is InChI=1S/C12H8N2O5S/c15-11-9-7-4-2-1-3-6(7)5-8(20(17,18)19)10(9)13-12(16)14-11/h1-5H,(H,17,18,19)(H2,13,14,15,16). The number of hydrogen-bond donors (Lipinski definition) is 3. The van der Waals surface area contributed by atoms with E-state index in [2.05, 4.69) is 4.98 Å². The van der Waals surface area contributed by atoms with Crippen LogP contribution in [-0.4, -0.2) is 22.9 Å². The normalized spacial score (nSPS) is 12.1. The molecule has 1 aromatic heterocycles. The molecule has 0 aliphatic rings. The van der Waals surface area contributed by atoms with Crippen LogP contribution in [0.25, 0.3) is 21.7 Å². The van der Waals surface area contributed by atoms with Crippen LogP contribution in [0.4, 0.5) is 0 Å². The Morgan fingerprint density at radius 1 is 1.05 bits per heavy atom. The first-order chi connectivity index (χ1) is 9.38. The highest BCUT2D eigenvalue weighted by Gasteiger charge is 2.19. The van der Waals surface area contributed by atoms with Crippen molar-refractivity contribution in [1.29, 1.82) is 0 Å². The van der Waals surface area contributed by atoms with Crippen molar-refractivity contribution in [2.24, 2.45) is 0 Å². The summed E-state index contributed by atoms with van der Waals surface area (Å²) in [5.74, 6) is 0. The molecule has 0 spiro atoms. The molecule has 2 aromatic carbocycles. The summed E-state index contributed by atoms with van der Waals surface area (Å²) in [4.78, 5) is 27.1. The second-order valence-electron chi connectivity index (χ2n) is 4.23. The molecule has 0 bridgehead atoms. The predicted molar refractivity (Wildman–Crippen MR) is 72.5 cm³/mol. The lowest BCUT2D eigenvalue weighted by Gasteiger charge is -2.07. The average molecular weight is 292 g/mol. The fraction of sp³-hybridized carbons (Fsp3) is 0. The largest absolute Gasteiger partial charge is 0.326 e. The molecule has 0 saturated carbocycles. The summed E-state index contributed by atoms with van der Waals surface area (Å²) >= 11 is 0. The Morgan fingerprint density at radius 2 is 1.75 bits per heavy atom. The van der Waals surface area contributed by atoms with Crippen LogP contribution in [0.1, 0.15) is 0 Å². The fourth-order valence-electron chi connectivity index (χ4n) is 2.20. The molecule has 0 fully saturated rings. The van der Waals surface area contributed by atoms with E-state index in [0.29, 0.717) is 10.8 Å². The summed E-state index contributed by atoms with van der Waals surface area (Å²) in [7, 11) is -4.58. The Kier molecular flexibility index (Phi) is 2.53. The SMILES string of the molecule is O=c1[nH]c(=O)c2c([nH]1)c(S(=O)(=O)O)cc1ccccc12. The highest BCUT2D eigenvalue weighted by atomic mass is 32.2. The fourth-order valence-corrected chi connectivity index (χ4v) is 2.88. The lowest BCUT2D eigenvalue weighted by Crippen LogP contribution is -2.23. The molecule has 3 rings (SSSR count). The van der Waals surface area contributed by atoms with E-state index in [4.69, 9.17) is 0 Å². The first-order valence-corrected chi connectivity index (χ1v) is 6.97. The van der Waals surface area contributed by atoms with E-state index in [-0.39, 0.29) is 10.9 Å². The summed E-state index contributed by atoms with van der Waals surface area (Å²) in [6.45, 7) is 0. The van der Waals surface area contributed by atoms with Crippen molar-refractivity contribution in [1.82, 2.24) is 9.97 Å². The number of H-pyrrole nitrogens is 2. The van der Waals surface area contributed by atoms with E-state index in [0.717, 1.165) is 0 Å². The Hall–Kier alpha value is -2.45. The van der Waals surface area contributed by atoms with E-state index >= 15 is 0 Å². The molecule has 0 radical (unpaired) electrons. The highest BCUT2D eigenvalue weighted by molar-refractivity contribution is 7.86. The summed E-state index contributed by atoms with van der Waals surface area (Å²) < 4.78 is 32.1. The van der Waals surface area contributed by atoms with Crippen LogP contribution in [0, 0.1) is 0 Å². The van der Waals surface area contributed by atoms with Crippen LogP contribution >= 0.6 is 0 Å². The number of nitrogens with one attached hydrogen (secondary N) is 2. The summed E-state index contributed by atoms with van der Waals surface area (Å²) in [6.07, 6.45) is 0. The number of fused-ring (bicyclic) bond motifs is 3. The first kappa shape index (κ1) is 12.6. The molecular formula is C12H8N2O5S. The van der Waals surface area contributed by atoms with Crippen LogP contribution in [-0.2, 0) is 10.1 Å². The third-order valence-corrected chi connectivity index (χ3v) is 3.86. The van der Waals surface area contributed by atoms with Gasteiger partial charge in [0.05, 0.1) is 10.9 Å². The lowest BCUT2D eigenvalue weighted by molar-refractivity contribution is 0.484. The molecule has 0 saturated heterocycles. The smallest absolute Gasteiger partial charge is 0.305 e. The molecule has 0 aliphatic heterocycles. The molecule has 102 valence electrons. The monoisotopic (exact) mass is 292 g/mol. The Balaban J connectivity index is 2.77. The van der Waals surface area contributed by atoms with Gasteiger partial charge < -0.3 is 4.98 Å². The van der Waals surface area contributed by atoms with E-state index in [1.807, 2.05) is 4.98 Å². The second kappa shape index (κ2) is 4.02. The zero-order valence-corrected chi connectivity index (χ0v) is 10.7. The van der Waals surface area contributed by atoms with Gasteiger partial charge in [0.1, 0.15) is 4.90 Å². The third-order valence-electron chi connectivity index (χ3n) is 2.98. The van der Waals surface area contributed by atoms with Gasteiger partial charge in [-0.3, -0.25) is 14.3 Å². The van der Waals surface area contributed by atoms with Gasteiger partial charge in [-0.25, -0.2) is 4.79 Å². The van der Waals surface area contributed by atoms with Crippen LogP contribution in [0.3, 0.4) is 0 Å². The van der Waals surface area contributed by atoms with E-state index in [1.165, 1.54) is 6.07 Å². The average Bonchev–Trinajstić information content (AvgIpc) is 2.35. The van der Waals surface area contributed by atoms with Crippen molar-refractivity contribution in [3.05, 3.63) is 51.2 Å². The van der Waals surface area contributed by atoms with Gasteiger partial charge in [-0.2, -0.15) is 8.42 Å². The minimum Gasteiger partial charge on any atom is -0.305 e. The topological polar surface area (TPSA) is 120 Å². The summed E-state index contributed by atoms with van der Waals surface area (Å²) in [6, 6.07) is 7.79. The summed E-state index contributed by atoms with van der Waals surface area (Å²) in [5, 5.41) is 0.952. The van der Waals surface area contributed by atoms with Crippen molar-refractivity contribution >= 4 is 31.8 Å². The van der Waals surface area contributed by atoms with Crippen molar-refractivity contribution in [2.45, 2.75) is 4.90 Å². The van der Waals surface area contributed by atoms with Crippen molar-refractivity contribution in [2.75, 3.05) is 0 Å². The second-order valence-corrected chi connectivity index (χ2v) is 5.62. The maximum absolute atomic E-state index is 11.9. The van der Waals surface area contributed by atoms with Crippen LogP contribution in [0.2, 0.25) is 0 Å². The Bertz CT molecular complexity index is 1060. The molecule has 3 N–H and O–H groups in total. The Labute approximate surface area is 111 Å². The van der Waals surface area contributed by atoms with Gasteiger partial charge in [0.15, 0.2) is 0 Å². The predicted octanol–water partition coefficient (Wildman–Crippen LogP) is 0.616. The molecule has 0 atom stereocenters. The number of aromatic amines is 2. The third kappa shape index (κ3) is 1.82. The molecule has 0 aliphatic carbocycles. The highest BCUT2D eigenvalue weighted by Crippen LogP contribution is 2.27. The number of aromatic nitrogens is 2. The van der Waals surface area contributed by atoms with E-state index in [9.17, 15) is 22.6 Å². The maximum Gasteiger partial charge on any atom is 0.326 e. The Morgan fingerprint density at radius 3 is 2.45 bits per heavy atom. The van der Waals surface area contributed by atoms with Gasteiger partial charge in [-0.05, 0) is 16.8 Å². The van der Waals surface area contributed by atoms with Crippen molar-refractivity contribution < 1.29 is 13.0 Å². The minimum atomic E-state index is -4.58. The van der Waals surface area contributed by atoms with Gasteiger partial charge in [0, 0.05) is 0 Å². The van der Waals surface area contributed by atoms with Crippen LogP contribution in [0.15, 0.2) is 44.8 Å². The number of benzene rings is 2. The van der Waals surface area contributed by atoms with Crippen LogP contribution < -0.4 is 11.2 Å². The quantitative estimate of drug-likeness (QED) is 0.448. The molecular weight excluding hydrogens is 284 g/mol. The van der Waals surface area contributed by atoms with Gasteiger partial charge in [-0.1, -0.05) is 24.3 Å². The first-order valence-electron chi connectivity index (χ1n) is 5.53. The zero-order valence-electron chi connectivity index (χ0n) is 9.88. The van der Waals surface area contributed by atoms with Gasteiger partial charge in [-0.15, -0.1) is 0 Å².